The highest BCUT2D eigenvalue weighted by Crippen LogP contribution is 2.17. The molecule has 0 radical (unpaired) electrons. The first-order chi connectivity index (χ1) is 7.56. The molecular formula is C11H8FNO3. The predicted molar refractivity (Wildman–Crippen MR) is 55.3 cm³/mol. The van der Waals surface area contributed by atoms with E-state index in [0.29, 0.717) is 6.29 Å². The Bertz CT molecular complexity index is 500. The number of anilines is 1. The van der Waals surface area contributed by atoms with E-state index < -0.39 is 11.8 Å². The van der Waals surface area contributed by atoms with Crippen LogP contribution in [0.25, 0.3) is 0 Å². The molecule has 0 unspecified atom stereocenters. The van der Waals surface area contributed by atoms with E-state index in [-0.39, 0.29) is 23.2 Å². The van der Waals surface area contributed by atoms with E-state index in [4.69, 9.17) is 10.8 Å². The maximum atomic E-state index is 13.3. The van der Waals surface area contributed by atoms with Crippen LogP contribution in [0.3, 0.4) is 0 Å². The lowest BCUT2D eigenvalue weighted by molar-refractivity contribution is -0.107. The summed E-state index contributed by atoms with van der Waals surface area (Å²) in [5, 5.41) is 8.75. The molecule has 0 saturated carbocycles. The molecule has 0 fully saturated rings. The topological polar surface area (TPSA) is 80.4 Å². The van der Waals surface area contributed by atoms with Crippen LogP contribution in [-0.4, -0.2) is 17.4 Å². The van der Waals surface area contributed by atoms with Crippen molar-refractivity contribution in [2.45, 2.75) is 6.42 Å². The van der Waals surface area contributed by atoms with Crippen LogP contribution in [0.1, 0.15) is 22.3 Å². The molecule has 4 nitrogen and oxygen atoms in total. The lowest BCUT2D eigenvalue weighted by Gasteiger charge is -2.02. The second-order valence-corrected chi connectivity index (χ2v) is 2.90. The summed E-state index contributed by atoms with van der Waals surface area (Å²) >= 11 is 0. The number of hydrogen-bond acceptors (Lipinski definition) is 3. The Labute approximate surface area is 90.9 Å². The number of aromatic carboxylic acids is 1. The van der Waals surface area contributed by atoms with Gasteiger partial charge in [0.1, 0.15) is 12.1 Å². The van der Waals surface area contributed by atoms with Crippen LogP contribution in [0.5, 0.6) is 0 Å². The van der Waals surface area contributed by atoms with Crippen LogP contribution in [0.4, 0.5) is 10.1 Å². The van der Waals surface area contributed by atoms with Gasteiger partial charge >= 0.3 is 5.97 Å². The largest absolute Gasteiger partial charge is 0.478 e. The van der Waals surface area contributed by atoms with Crippen LogP contribution in [0.2, 0.25) is 0 Å². The fourth-order valence-corrected chi connectivity index (χ4v) is 1.06. The van der Waals surface area contributed by atoms with E-state index in [2.05, 4.69) is 11.8 Å². The molecule has 0 aliphatic rings. The van der Waals surface area contributed by atoms with Gasteiger partial charge in [-0.25, -0.2) is 9.18 Å². The minimum atomic E-state index is -1.25. The number of nitrogen functional groups attached to an aromatic ring is 1. The van der Waals surface area contributed by atoms with Gasteiger partial charge in [-0.2, -0.15) is 0 Å². The molecule has 0 bridgehead atoms. The van der Waals surface area contributed by atoms with Crippen LogP contribution >= 0.6 is 0 Å². The van der Waals surface area contributed by atoms with Crippen molar-refractivity contribution in [3.63, 3.8) is 0 Å². The van der Waals surface area contributed by atoms with Crippen molar-refractivity contribution in [2.75, 3.05) is 5.73 Å². The van der Waals surface area contributed by atoms with Crippen molar-refractivity contribution in [1.29, 1.82) is 0 Å². The summed E-state index contributed by atoms with van der Waals surface area (Å²) in [6, 6.07) is 1.94. The minimum Gasteiger partial charge on any atom is -0.478 e. The van der Waals surface area contributed by atoms with Gasteiger partial charge in [0, 0.05) is 5.69 Å². The molecule has 0 saturated heterocycles. The van der Waals surface area contributed by atoms with Crippen molar-refractivity contribution in [1.82, 2.24) is 0 Å². The third kappa shape index (κ3) is 2.58. The lowest BCUT2D eigenvalue weighted by atomic mass is 10.1. The van der Waals surface area contributed by atoms with Gasteiger partial charge in [0.2, 0.25) is 0 Å². The average Bonchev–Trinajstić information content (AvgIpc) is 2.21. The summed E-state index contributed by atoms with van der Waals surface area (Å²) in [5.41, 5.74) is 4.86. The van der Waals surface area contributed by atoms with Crippen molar-refractivity contribution in [2.24, 2.45) is 0 Å². The zero-order valence-corrected chi connectivity index (χ0v) is 8.16. The highest BCUT2D eigenvalue weighted by molar-refractivity contribution is 5.94. The number of halogens is 1. The normalized spacial score (nSPS) is 9.06. The molecule has 0 aliphatic carbocycles. The second kappa shape index (κ2) is 4.94. The van der Waals surface area contributed by atoms with Crippen molar-refractivity contribution in [3.05, 3.63) is 29.1 Å². The van der Waals surface area contributed by atoms with Gasteiger partial charge in [-0.05, 0) is 12.1 Å². The summed E-state index contributed by atoms with van der Waals surface area (Å²) in [6.07, 6.45) is 0.534. The monoisotopic (exact) mass is 221 g/mol. The zero-order valence-electron chi connectivity index (χ0n) is 8.16. The fraction of sp³-hybridized carbons (Fsp3) is 0.0909. The first-order valence-corrected chi connectivity index (χ1v) is 4.31. The number of nitrogens with two attached hydrogens (primary N) is 1. The number of carbonyl (C=O) groups excluding carboxylic acids is 1. The number of carbonyl (C=O) groups is 2. The Balaban J connectivity index is 3.21. The molecular weight excluding hydrogens is 213 g/mol. The molecule has 82 valence electrons. The predicted octanol–water partition coefficient (Wildman–Crippen LogP) is 1.05. The molecule has 16 heavy (non-hydrogen) atoms. The molecule has 0 spiro atoms. The number of benzene rings is 1. The van der Waals surface area contributed by atoms with Gasteiger partial charge in [-0.3, -0.25) is 0 Å². The maximum absolute atomic E-state index is 13.3. The van der Waals surface area contributed by atoms with Crippen LogP contribution < -0.4 is 5.73 Å². The molecule has 0 aromatic heterocycles. The zero-order chi connectivity index (χ0) is 12.1. The van der Waals surface area contributed by atoms with Gasteiger partial charge in [0.05, 0.1) is 17.5 Å². The van der Waals surface area contributed by atoms with E-state index in [1.165, 1.54) is 0 Å². The van der Waals surface area contributed by atoms with Crippen molar-refractivity contribution >= 4 is 17.9 Å². The van der Waals surface area contributed by atoms with Crippen LogP contribution in [-0.2, 0) is 4.79 Å². The molecule has 3 N–H and O–H groups in total. The van der Waals surface area contributed by atoms with Crippen molar-refractivity contribution in [3.8, 4) is 11.8 Å². The summed E-state index contributed by atoms with van der Waals surface area (Å²) in [4.78, 5) is 20.7. The fourth-order valence-electron chi connectivity index (χ4n) is 1.06. The number of rotatable bonds is 2. The highest BCUT2D eigenvalue weighted by atomic mass is 19.1. The Kier molecular flexibility index (Phi) is 3.62. The van der Waals surface area contributed by atoms with E-state index in [0.717, 1.165) is 12.1 Å². The quantitative estimate of drug-likeness (QED) is 0.444. The molecule has 0 atom stereocenters. The summed E-state index contributed by atoms with van der Waals surface area (Å²) in [5.74, 6) is 2.79. The number of hydrogen-bond donors (Lipinski definition) is 2. The van der Waals surface area contributed by atoms with E-state index in [9.17, 15) is 14.0 Å². The van der Waals surface area contributed by atoms with Gasteiger partial charge in [0.25, 0.3) is 0 Å². The van der Waals surface area contributed by atoms with Gasteiger partial charge in [-0.1, -0.05) is 11.8 Å². The number of carboxylic acids is 1. The maximum Gasteiger partial charge on any atom is 0.337 e. The molecule has 5 heteroatoms. The minimum absolute atomic E-state index is 0.0355. The number of aldehydes is 1. The number of carboxylic acid groups (broad SMARTS) is 1. The van der Waals surface area contributed by atoms with E-state index >= 15 is 0 Å². The standard InChI is InChI=1S/C11H8FNO3/c12-9-6-10(13)8(11(15)16)5-7(9)3-1-2-4-14/h4-6H,2,13H2,(H,15,16). The summed E-state index contributed by atoms with van der Waals surface area (Å²) < 4.78 is 13.3. The Morgan fingerprint density at radius 3 is 2.81 bits per heavy atom. The Hall–Kier alpha value is -2.35. The van der Waals surface area contributed by atoms with Crippen LogP contribution in [0, 0.1) is 17.7 Å². The summed E-state index contributed by atoms with van der Waals surface area (Å²) in [7, 11) is 0. The van der Waals surface area contributed by atoms with Gasteiger partial charge in [0.15, 0.2) is 0 Å². The first kappa shape index (κ1) is 11.7. The third-order valence-electron chi connectivity index (χ3n) is 1.78. The third-order valence-corrected chi connectivity index (χ3v) is 1.78. The Morgan fingerprint density at radius 1 is 1.56 bits per heavy atom. The second-order valence-electron chi connectivity index (χ2n) is 2.90. The molecule has 1 aromatic carbocycles. The first-order valence-electron chi connectivity index (χ1n) is 4.31. The average molecular weight is 221 g/mol. The Morgan fingerprint density at radius 2 is 2.25 bits per heavy atom. The summed E-state index contributed by atoms with van der Waals surface area (Å²) in [6.45, 7) is 0. The molecule has 0 aliphatic heterocycles. The van der Waals surface area contributed by atoms with Crippen molar-refractivity contribution < 1.29 is 19.1 Å². The molecule has 0 heterocycles. The molecule has 1 rings (SSSR count). The smallest absolute Gasteiger partial charge is 0.337 e. The van der Waals surface area contributed by atoms with E-state index in [1.54, 1.807) is 0 Å². The molecule has 0 amide bonds. The van der Waals surface area contributed by atoms with Gasteiger partial charge < -0.3 is 15.6 Å². The van der Waals surface area contributed by atoms with Gasteiger partial charge in [-0.15, -0.1) is 0 Å². The van der Waals surface area contributed by atoms with E-state index in [1.807, 2.05) is 0 Å². The molecule has 1 aromatic rings. The van der Waals surface area contributed by atoms with Crippen LogP contribution in [0.15, 0.2) is 12.1 Å². The SMILES string of the molecule is Nc1cc(F)c(C#CCC=O)cc1C(=O)O. The lowest BCUT2D eigenvalue weighted by Crippen LogP contribution is -2.04. The highest BCUT2D eigenvalue weighted by Gasteiger charge is 2.11.